The van der Waals surface area contributed by atoms with Crippen LogP contribution in [0, 0.1) is 10.5 Å². The number of hydrogen-bond donors (Lipinski definition) is 1. The number of pyridine rings is 1. The van der Waals surface area contributed by atoms with Gasteiger partial charge in [-0.2, -0.15) is 0 Å². The molecule has 0 saturated carbocycles. The van der Waals surface area contributed by atoms with E-state index in [1.807, 2.05) is 6.07 Å². The Labute approximate surface area is 108 Å². The molecule has 0 aromatic carbocycles. The lowest BCUT2D eigenvalue weighted by Gasteiger charge is -2.07. The minimum atomic E-state index is 0.680. The van der Waals surface area contributed by atoms with Gasteiger partial charge in [-0.25, -0.2) is 9.97 Å². The van der Waals surface area contributed by atoms with Crippen LogP contribution in [0.15, 0.2) is 30.9 Å². The zero-order valence-corrected chi connectivity index (χ0v) is 11.0. The highest BCUT2D eigenvalue weighted by Gasteiger charge is 2.02. The van der Waals surface area contributed by atoms with Gasteiger partial charge in [-0.1, -0.05) is 6.07 Å². The van der Waals surface area contributed by atoms with Crippen molar-refractivity contribution in [1.82, 2.24) is 15.0 Å². The maximum atomic E-state index is 4.31. The number of nitrogens with one attached hydrogen (secondary N) is 1. The van der Waals surface area contributed by atoms with Crippen molar-refractivity contribution in [2.75, 3.05) is 5.32 Å². The fourth-order valence-electron chi connectivity index (χ4n) is 1.31. The second-order valence-corrected chi connectivity index (χ2v) is 4.50. The summed E-state index contributed by atoms with van der Waals surface area (Å²) >= 11 is 2.20. The van der Waals surface area contributed by atoms with Gasteiger partial charge in [0.25, 0.3) is 0 Å². The minimum Gasteiger partial charge on any atom is -0.363 e. The van der Waals surface area contributed by atoms with Crippen molar-refractivity contribution in [2.45, 2.75) is 13.5 Å². The van der Waals surface area contributed by atoms with E-state index in [-0.39, 0.29) is 0 Å². The first-order valence-electron chi connectivity index (χ1n) is 4.87. The lowest BCUT2D eigenvalue weighted by molar-refractivity contribution is 0.994. The molecule has 0 fully saturated rings. The van der Waals surface area contributed by atoms with E-state index in [0.717, 1.165) is 15.1 Å². The van der Waals surface area contributed by atoms with E-state index in [1.54, 1.807) is 12.4 Å². The van der Waals surface area contributed by atoms with Crippen LogP contribution in [0.5, 0.6) is 0 Å². The summed E-state index contributed by atoms with van der Waals surface area (Å²) in [4.78, 5) is 12.4. The van der Waals surface area contributed by atoms with Crippen molar-refractivity contribution in [3.8, 4) is 0 Å². The summed E-state index contributed by atoms with van der Waals surface area (Å²) < 4.78 is 1.01. The number of anilines is 1. The van der Waals surface area contributed by atoms with Gasteiger partial charge in [0.2, 0.25) is 0 Å². The highest BCUT2D eigenvalue weighted by atomic mass is 127. The van der Waals surface area contributed by atoms with Crippen LogP contribution in [0.25, 0.3) is 0 Å². The second-order valence-electron chi connectivity index (χ2n) is 3.34. The van der Waals surface area contributed by atoms with E-state index in [9.17, 15) is 0 Å². The van der Waals surface area contributed by atoms with Crippen molar-refractivity contribution >= 4 is 28.4 Å². The number of hydrogen-bond acceptors (Lipinski definition) is 4. The van der Waals surface area contributed by atoms with E-state index >= 15 is 0 Å². The van der Waals surface area contributed by atoms with Gasteiger partial charge in [0, 0.05) is 12.4 Å². The molecule has 0 saturated heterocycles. The molecule has 0 bridgehead atoms. The van der Waals surface area contributed by atoms with Gasteiger partial charge in [-0.05, 0) is 41.1 Å². The van der Waals surface area contributed by atoms with Crippen LogP contribution in [0.1, 0.15) is 11.3 Å². The molecule has 2 rings (SSSR count). The Morgan fingerprint density at radius 1 is 1.38 bits per heavy atom. The van der Waals surface area contributed by atoms with Crippen LogP contribution < -0.4 is 5.32 Å². The van der Waals surface area contributed by atoms with Gasteiger partial charge in [-0.15, -0.1) is 0 Å². The third kappa shape index (κ3) is 2.66. The zero-order chi connectivity index (χ0) is 11.4. The lowest BCUT2D eigenvalue weighted by atomic mass is 10.2. The first-order valence-corrected chi connectivity index (χ1v) is 5.95. The van der Waals surface area contributed by atoms with E-state index in [1.165, 1.54) is 11.9 Å². The molecule has 0 unspecified atom stereocenters. The van der Waals surface area contributed by atoms with E-state index in [4.69, 9.17) is 0 Å². The Morgan fingerprint density at radius 3 is 3.00 bits per heavy atom. The molecule has 5 heteroatoms. The molecular weight excluding hydrogens is 315 g/mol. The Kier molecular flexibility index (Phi) is 3.66. The molecular formula is C11H11IN4. The highest BCUT2D eigenvalue weighted by Crippen LogP contribution is 2.13. The van der Waals surface area contributed by atoms with Crippen molar-refractivity contribution in [1.29, 1.82) is 0 Å². The highest BCUT2D eigenvalue weighted by molar-refractivity contribution is 14.1. The molecule has 0 aliphatic heterocycles. The molecule has 0 radical (unpaired) electrons. The molecule has 2 aromatic heterocycles. The SMILES string of the molecule is Cc1cccnc1CNc1ncncc1I. The summed E-state index contributed by atoms with van der Waals surface area (Å²) in [6.45, 7) is 2.73. The molecule has 1 N–H and O–H groups in total. The van der Waals surface area contributed by atoms with Crippen molar-refractivity contribution in [2.24, 2.45) is 0 Å². The van der Waals surface area contributed by atoms with Gasteiger partial charge < -0.3 is 5.32 Å². The van der Waals surface area contributed by atoms with Crippen molar-refractivity contribution < 1.29 is 0 Å². The molecule has 0 amide bonds. The molecule has 2 heterocycles. The molecule has 82 valence electrons. The molecule has 16 heavy (non-hydrogen) atoms. The Balaban J connectivity index is 2.09. The average Bonchev–Trinajstić information content (AvgIpc) is 2.30. The van der Waals surface area contributed by atoms with Gasteiger partial charge in [-0.3, -0.25) is 4.98 Å². The summed E-state index contributed by atoms with van der Waals surface area (Å²) in [7, 11) is 0. The fourth-order valence-corrected chi connectivity index (χ4v) is 1.80. The van der Waals surface area contributed by atoms with Gasteiger partial charge in [0.15, 0.2) is 0 Å². The average molecular weight is 326 g/mol. The maximum Gasteiger partial charge on any atom is 0.143 e. The third-order valence-corrected chi connectivity index (χ3v) is 3.00. The maximum absolute atomic E-state index is 4.31. The van der Waals surface area contributed by atoms with Crippen molar-refractivity contribution in [3.05, 3.63) is 45.7 Å². The quantitative estimate of drug-likeness (QED) is 0.880. The third-order valence-electron chi connectivity index (χ3n) is 2.21. The van der Waals surface area contributed by atoms with Crippen LogP contribution in [0.4, 0.5) is 5.82 Å². The molecule has 0 aliphatic rings. The fraction of sp³-hybridized carbons (Fsp3) is 0.182. The smallest absolute Gasteiger partial charge is 0.143 e. The monoisotopic (exact) mass is 326 g/mol. The van der Waals surface area contributed by atoms with Gasteiger partial charge >= 0.3 is 0 Å². The summed E-state index contributed by atoms with van der Waals surface area (Å²) in [5.41, 5.74) is 2.22. The second kappa shape index (κ2) is 5.20. The van der Waals surface area contributed by atoms with Crippen LogP contribution in [-0.2, 0) is 6.54 Å². The van der Waals surface area contributed by atoms with Crippen LogP contribution in [0.2, 0.25) is 0 Å². The molecule has 2 aromatic rings. The molecule has 0 atom stereocenters. The predicted octanol–water partition coefficient (Wildman–Crippen LogP) is 2.40. The minimum absolute atomic E-state index is 0.680. The summed E-state index contributed by atoms with van der Waals surface area (Å²) in [6, 6.07) is 3.99. The Hall–Kier alpha value is -1.24. The van der Waals surface area contributed by atoms with Gasteiger partial charge in [0.1, 0.15) is 12.1 Å². The Bertz CT molecular complexity index is 441. The summed E-state index contributed by atoms with van der Waals surface area (Å²) in [6.07, 6.45) is 5.12. The summed E-state index contributed by atoms with van der Waals surface area (Å²) in [5.74, 6) is 0.848. The normalized spacial score (nSPS) is 10.1. The van der Waals surface area contributed by atoms with Crippen LogP contribution in [0.3, 0.4) is 0 Å². The number of halogens is 1. The molecule has 0 spiro atoms. The zero-order valence-electron chi connectivity index (χ0n) is 8.81. The van der Waals surface area contributed by atoms with Gasteiger partial charge in [0.05, 0.1) is 15.8 Å². The standard InChI is InChI=1S/C11H11IN4/c1-8-3-2-4-14-10(8)6-15-11-9(12)5-13-7-16-11/h2-5,7H,6H2,1H3,(H,13,15,16). The van der Waals surface area contributed by atoms with Crippen LogP contribution in [-0.4, -0.2) is 15.0 Å². The first-order chi connectivity index (χ1) is 7.77. The van der Waals surface area contributed by atoms with E-state index < -0.39 is 0 Å². The van der Waals surface area contributed by atoms with E-state index in [0.29, 0.717) is 6.54 Å². The number of nitrogens with zero attached hydrogens (tertiary/aromatic N) is 3. The van der Waals surface area contributed by atoms with E-state index in [2.05, 4.69) is 55.8 Å². The summed E-state index contributed by atoms with van der Waals surface area (Å²) in [5, 5.41) is 3.25. The predicted molar refractivity (Wildman–Crippen MR) is 71.0 cm³/mol. The van der Waals surface area contributed by atoms with Crippen molar-refractivity contribution in [3.63, 3.8) is 0 Å². The lowest BCUT2D eigenvalue weighted by Crippen LogP contribution is -2.06. The number of aromatic nitrogens is 3. The molecule has 4 nitrogen and oxygen atoms in total. The largest absolute Gasteiger partial charge is 0.363 e. The van der Waals surface area contributed by atoms with Crippen LogP contribution >= 0.6 is 22.6 Å². The number of rotatable bonds is 3. The first kappa shape index (κ1) is 11.3. The molecule has 0 aliphatic carbocycles. The Morgan fingerprint density at radius 2 is 2.25 bits per heavy atom. The number of aryl methyl sites for hydroxylation is 1. The topological polar surface area (TPSA) is 50.7 Å².